The minimum atomic E-state index is -0.731. The fourth-order valence-electron chi connectivity index (χ4n) is 3.27. The lowest BCUT2D eigenvalue weighted by molar-refractivity contribution is -0.199. The summed E-state index contributed by atoms with van der Waals surface area (Å²) in [7, 11) is 0. The van der Waals surface area contributed by atoms with E-state index in [1.54, 1.807) is 17.8 Å². The van der Waals surface area contributed by atoms with Crippen LogP contribution in [0.1, 0.15) is 25.9 Å². The van der Waals surface area contributed by atoms with Crippen LogP contribution in [-0.4, -0.2) is 55.3 Å². The first kappa shape index (κ1) is 14.8. The smallest absolute Gasteiger partial charge is 0.167 e. The molecule has 4 atom stereocenters. The zero-order valence-corrected chi connectivity index (χ0v) is 13.1. The Labute approximate surface area is 132 Å². The maximum absolute atomic E-state index is 9.57. The highest BCUT2D eigenvalue weighted by Gasteiger charge is 2.55. The van der Waals surface area contributed by atoms with Gasteiger partial charge in [-0.25, -0.2) is 15.0 Å². The number of nitrogens with zero attached hydrogens (tertiary/aromatic N) is 4. The summed E-state index contributed by atoms with van der Waals surface area (Å²) in [6.45, 7) is 5.29. The Balaban J connectivity index is 1.79. The molecule has 0 aromatic carbocycles. The molecule has 2 saturated heterocycles. The number of ether oxygens (including phenoxy) is 3. The third-order valence-corrected chi connectivity index (χ3v) is 4.14. The highest BCUT2D eigenvalue weighted by molar-refractivity contribution is 5.81. The molecule has 4 heterocycles. The molecule has 124 valence electrons. The van der Waals surface area contributed by atoms with Gasteiger partial charge in [0.2, 0.25) is 0 Å². The molecule has 2 aliphatic heterocycles. The quantitative estimate of drug-likeness (QED) is 0.801. The molecule has 0 saturated carbocycles. The Morgan fingerprint density at radius 3 is 2.78 bits per heavy atom. The molecular formula is C14H19N5O4. The third-order valence-electron chi connectivity index (χ3n) is 4.14. The molecule has 2 aromatic rings. The largest absolute Gasteiger partial charge is 0.394 e. The molecule has 23 heavy (non-hydrogen) atoms. The number of aliphatic hydroxyl groups excluding tert-OH is 1. The molecule has 0 radical (unpaired) electrons. The molecule has 0 amide bonds. The number of hydrogen-bond acceptors (Lipinski definition) is 8. The van der Waals surface area contributed by atoms with E-state index in [0.29, 0.717) is 22.8 Å². The number of imidazole rings is 1. The van der Waals surface area contributed by atoms with Gasteiger partial charge in [0.1, 0.15) is 29.7 Å². The van der Waals surface area contributed by atoms with Gasteiger partial charge >= 0.3 is 0 Å². The molecule has 0 aliphatic carbocycles. The second-order valence-electron chi connectivity index (χ2n) is 6.29. The molecule has 2 aromatic heterocycles. The zero-order chi connectivity index (χ0) is 16.4. The fourth-order valence-corrected chi connectivity index (χ4v) is 3.27. The first-order valence-electron chi connectivity index (χ1n) is 7.48. The van der Waals surface area contributed by atoms with Crippen molar-refractivity contribution >= 4 is 17.0 Å². The van der Waals surface area contributed by atoms with Crippen molar-refractivity contribution < 1.29 is 19.3 Å². The van der Waals surface area contributed by atoms with Crippen LogP contribution < -0.4 is 5.73 Å². The monoisotopic (exact) mass is 321 g/mol. The lowest BCUT2D eigenvalue weighted by Crippen LogP contribution is -2.31. The van der Waals surface area contributed by atoms with Gasteiger partial charge in [-0.05, 0) is 20.8 Å². The lowest BCUT2D eigenvalue weighted by atomic mass is 10.1. The van der Waals surface area contributed by atoms with Crippen LogP contribution in [0.2, 0.25) is 0 Å². The van der Waals surface area contributed by atoms with Gasteiger partial charge in [0.15, 0.2) is 23.5 Å². The number of anilines is 1. The van der Waals surface area contributed by atoms with Gasteiger partial charge in [-0.2, -0.15) is 0 Å². The van der Waals surface area contributed by atoms with Gasteiger partial charge in [-0.3, -0.25) is 4.57 Å². The van der Waals surface area contributed by atoms with Crippen molar-refractivity contribution in [1.82, 2.24) is 19.5 Å². The Morgan fingerprint density at radius 2 is 2.04 bits per heavy atom. The van der Waals surface area contributed by atoms with Gasteiger partial charge < -0.3 is 25.1 Å². The second kappa shape index (κ2) is 4.84. The van der Waals surface area contributed by atoms with E-state index in [9.17, 15) is 5.11 Å². The maximum Gasteiger partial charge on any atom is 0.167 e. The molecule has 0 bridgehead atoms. The molecule has 9 nitrogen and oxygen atoms in total. The van der Waals surface area contributed by atoms with E-state index in [4.69, 9.17) is 19.9 Å². The first-order valence-corrected chi connectivity index (χ1v) is 7.48. The SMILES string of the molecule is Cc1nc(N)c2ncn(C3O[C@H](CO)C4OC(C)(C)O[C@H]43)c2n1. The first-order chi connectivity index (χ1) is 10.9. The van der Waals surface area contributed by atoms with Crippen LogP contribution >= 0.6 is 0 Å². The average molecular weight is 321 g/mol. The van der Waals surface area contributed by atoms with Crippen LogP contribution in [-0.2, 0) is 14.2 Å². The van der Waals surface area contributed by atoms with Gasteiger partial charge in [0, 0.05) is 0 Å². The van der Waals surface area contributed by atoms with E-state index >= 15 is 0 Å². The molecule has 0 spiro atoms. The van der Waals surface area contributed by atoms with Crippen molar-refractivity contribution in [3.63, 3.8) is 0 Å². The second-order valence-corrected chi connectivity index (χ2v) is 6.29. The minimum Gasteiger partial charge on any atom is -0.394 e. The molecule has 2 unspecified atom stereocenters. The topological polar surface area (TPSA) is 118 Å². The standard InChI is InChI=1S/C14H19N5O4/c1-6-17-11(15)8-12(18-6)19(5-16-8)13-10-9(7(4-20)21-13)22-14(2,3)23-10/h5,7,9-10,13,20H,4H2,1-3H3,(H2,15,17,18)/t7-,9?,10-,13?/m1/s1. The number of aryl methyl sites for hydroxylation is 1. The number of aromatic nitrogens is 4. The van der Waals surface area contributed by atoms with Crippen molar-refractivity contribution in [3.8, 4) is 0 Å². The third kappa shape index (κ3) is 2.19. The minimum absolute atomic E-state index is 0.153. The Hall–Kier alpha value is -1.81. The van der Waals surface area contributed by atoms with E-state index < -0.39 is 18.1 Å². The van der Waals surface area contributed by atoms with Crippen LogP contribution in [0.3, 0.4) is 0 Å². The molecule has 2 fully saturated rings. The van der Waals surface area contributed by atoms with Gasteiger partial charge in [-0.1, -0.05) is 0 Å². The number of nitrogen functional groups attached to an aromatic ring is 1. The van der Waals surface area contributed by atoms with Gasteiger partial charge in [-0.15, -0.1) is 0 Å². The summed E-state index contributed by atoms with van der Waals surface area (Å²) in [5, 5.41) is 9.57. The fraction of sp³-hybridized carbons (Fsp3) is 0.643. The molecule has 9 heteroatoms. The van der Waals surface area contributed by atoms with E-state index in [0.717, 1.165) is 0 Å². The van der Waals surface area contributed by atoms with Crippen LogP contribution in [0, 0.1) is 6.92 Å². The van der Waals surface area contributed by atoms with E-state index in [2.05, 4.69) is 15.0 Å². The van der Waals surface area contributed by atoms with Gasteiger partial charge in [0.25, 0.3) is 0 Å². The summed E-state index contributed by atoms with van der Waals surface area (Å²) in [5.74, 6) is 0.141. The van der Waals surface area contributed by atoms with Crippen LogP contribution in [0.5, 0.6) is 0 Å². The van der Waals surface area contributed by atoms with Crippen LogP contribution in [0.25, 0.3) is 11.2 Å². The Morgan fingerprint density at radius 1 is 1.30 bits per heavy atom. The van der Waals surface area contributed by atoms with Crippen molar-refractivity contribution in [2.45, 2.75) is 51.1 Å². The summed E-state index contributed by atoms with van der Waals surface area (Å²) in [4.78, 5) is 12.8. The van der Waals surface area contributed by atoms with Gasteiger partial charge in [0.05, 0.1) is 12.9 Å². The predicted molar refractivity (Wildman–Crippen MR) is 79.3 cm³/mol. The Kier molecular flexibility index (Phi) is 3.11. The van der Waals surface area contributed by atoms with Crippen molar-refractivity contribution in [1.29, 1.82) is 0 Å². The van der Waals surface area contributed by atoms with E-state index in [-0.39, 0.29) is 18.8 Å². The highest BCUT2D eigenvalue weighted by Crippen LogP contribution is 2.43. The molecule has 4 rings (SSSR count). The van der Waals surface area contributed by atoms with Crippen LogP contribution in [0.15, 0.2) is 6.33 Å². The van der Waals surface area contributed by atoms with Crippen molar-refractivity contribution in [3.05, 3.63) is 12.2 Å². The number of nitrogens with two attached hydrogens (primary N) is 1. The summed E-state index contributed by atoms with van der Waals surface area (Å²) in [6.07, 6.45) is -0.0819. The number of hydrogen-bond donors (Lipinski definition) is 2. The average Bonchev–Trinajstić information content (AvgIpc) is 3.09. The number of aliphatic hydroxyl groups is 1. The van der Waals surface area contributed by atoms with E-state index in [1.165, 1.54) is 0 Å². The van der Waals surface area contributed by atoms with Crippen LogP contribution in [0.4, 0.5) is 5.82 Å². The lowest BCUT2D eigenvalue weighted by Gasteiger charge is -2.24. The normalized spacial score (nSPS) is 32.5. The molecule has 2 aliphatic rings. The van der Waals surface area contributed by atoms with E-state index in [1.807, 2.05) is 13.8 Å². The summed E-state index contributed by atoms with van der Waals surface area (Å²) in [6, 6.07) is 0. The summed E-state index contributed by atoms with van der Waals surface area (Å²) < 4.78 is 19.5. The number of rotatable bonds is 2. The number of fused-ring (bicyclic) bond motifs is 2. The highest BCUT2D eigenvalue weighted by atomic mass is 16.8. The predicted octanol–water partition coefficient (Wildman–Crippen LogP) is 0.127. The van der Waals surface area contributed by atoms with Crippen molar-refractivity contribution in [2.24, 2.45) is 0 Å². The summed E-state index contributed by atoms with van der Waals surface area (Å²) in [5.41, 5.74) is 7.00. The Bertz CT molecular complexity index is 761. The molecule has 3 N–H and O–H groups in total. The zero-order valence-electron chi connectivity index (χ0n) is 13.1. The molecular weight excluding hydrogens is 302 g/mol. The summed E-state index contributed by atoms with van der Waals surface area (Å²) >= 11 is 0. The maximum atomic E-state index is 9.57. The van der Waals surface area contributed by atoms with Crippen molar-refractivity contribution in [2.75, 3.05) is 12.3 Å².